The van der Waals surface area contributed by atoms with E-state index in [1.807, 2.05) is 109 Å². The third-order valence-corrected chi connectivity index (χ3v) is 11.8. The zero-order valence-corrected chi connectivity index (χ0v) is 37.2. The lowest BCUT2D eigenvalue weighted by Crippen LogP contribution is -2.10. The molecule has 0 aliphatic rings. The van der Waals surface area contributed by atoms with Crippen LogP contribution >= 0.6 is 0 Å². The summed E-state index contributed by atoms with van der Waals surface area (Å²) in [5.74, 6) is 1.70. The highest BCUT2D eigenvalue weighted by Crippen LogP contribution is 2.40. The SMILES string of the molecule is c1ccc(N(c2ccc(-c3nnc(-c4cccnc4)o3)cc2)c2ccc(-c3nc4ccccc4nc3-c3ccc(N(c4ccccc4)c4ccc(-c5nnc(-c6cccnc6)o5)cc4)cc3)cc2)cc1. The van der Waals surface area contributed by atoms with Crippen LogP contribution in [0, 0.1) is 0 Å². The first-order chi connectivity index (χ1) is 34.7. The van der Waals surface area contributed by atoms with Crippen LogP contribution in [-0.2, 0) is 0 Å². The summed E-state index contributed by atoms with van der Waals surface area (Å²) in [7, 11) is 0. The van der Waals surface area contributed by atoms with Gasteiger partial charge in [-0.3, -0.25) is 9.97 Å². The molecule has 12 nitrogen and oxygen atoms in total. The molecule has 70 heavy (non-hydrogen) atoms. The molecule has 332 valence electrons. The Labute approximate surface area is 401 Å². The molecule has 0 amide bonds. The summed E-state index contributed by atoms with van der Waals surface area (Å²) in [4.78, 5) is 23.3. The Morgan fingerprint density at radius 3 is 0.929 bits per heavy atom. The molecule has 0 radical (unpaired) electrons. The van der Waals surface area contributed by atoms with Crippen LogP contribution in [0.1, 0.15) is 0 Å². The molecule has 0 saturated carbocycles. The largest absolute Gasteiger partial charge is 0.416 e. The minimum absolute atomic E-state index is 0.418. The second-order valence-corrected chi connectivity index (χ2v) is 16.2. The number of aromatic nitrogens is 8. The van der Waals surface area contributed by atoms with E-state index in [1.165, 1.54) is 0 Å². The van der Waals surface area contributed by atoms with E-state index in [1.54, 1.807) is 24.8 Å². The zero-order chi connectivity index (χ0) is 46.6. The molecule has 0 aliphatic heterocycles. The Balaban J connectivity index is 0.858. The Bertz CT molecular complexity index is 3440. The molecule has 5 aromatic heterocycles. The third kappa shape index (κ3) is 8.28. The van der Waals surface area contributed by atoms with Gasteiger partial charge in [-0.25, -0.2) is 9.97 Å². The second-order valence-electron chi connectivity index (χ2n) is 16.2. The summed E-state index contributed by atoms with van der Waals surface area (Å²) >= 11 is 0. The summed E-state index contributed by atoms with van der Waals surface area (Å²) in [6, 6.07) is 69.2. The lowest BCUT2D eigenvalue weighted by molar-refractivity contribution is 0.584. The van der Waals surface area contributed by atoms with Gasteiger partial charge in [0.15, 0.2) is 0 Å². The maximum Gasteiger partial charge on any atom is 0.249 e. The van der Waals surface area contributed by atoms with Crippen molar-refractivity contribution < 1.29 is 8.83 Å². The summed E-state index contributed by atoms with van der Waals surface area (Å²) in [6.45, 7) is 0. The number of pyridine rings is 2. The number of hydrogen-bond acceptors (Lipinski definition) is 12. The summed E-state index contributed by atoms with van der Waals surface area (Å²) in [6.07, 6.45) is 6.83. The van der Waals surface area contributed by atoms with E-state index in [4.69, 9.17) is 18.8 Å². The van der Waals surface area contributed by atoms with Crippen LogP contribution in [0.4, 0.5) is 34.1 Å². The molecule has 0 bridgehead atoms. The molecule has 12 heteroatoms. The van der Waals surface area contributed by atoms with Crippen LogP contribution in [0.5, 0.6) is 0 Å². The number of anilines is 6. The highest BCUT2D eigenvalue weighted by molar-refractivity contribution is 5.88. The molecular weight excluding hydrogens is 869 g/mol. The van der Waals surface area contributed by atoms with Crippen molar-refractivity contribution in [2.75, 3.05) is 9.80 Å². The third-order valence-electron chi connectivity index (χ3n) is 11.8. The van der Waals surface area contributed by atoms with E-state index in [2.05, 4.69) is 137 Å². The van der Waals surface area contributed by atoms with Crippen LogP contribution in [0.3, 0.4) is 0 Å². The van der Waals surface area contributed by atoms with Crippen molar-refractivity contribution in [3.05, 3.63) is 231 Å². The highest BCUT2D eigenvalue weighted by atomic mass is 16.4. The van der Waals surface area contributed by atoms with Crippen molar-refractivity contribution in [2.24, 2.45) is 0 Å². The van der Waals surface area contributed by atoms with Crippen molar-refractivity contribution in [1.82, 2.24) is 40.3 Å². The molecule has 0 saturated heterocycles. The Morgan fingerprint density at radius 1 is 0.271 bits per heavy atom. The average Bonchev–Trinajstić information content (AvgIpc) is 4.15. The standard InChI is InChI=1S/C58H38N10O2/c1-3-13-45(14-4-1)67(49-31-23-41(24-32-49)55-63-65-57(69-55)43-11-9-35-59-37-43)47-27-19-39(20-28-47)53-54(62-52-18-8-7-17-51(52)61-53)40-21-29-48(30-22-40)68(46-15-5-2-6-16-46)50-33-25-42(26-34-50)56-64-66-58(70-56)44-12-10-36-60-38-44/h1-38H. The van der Waals surface area contributed by atoms with Crippen LogP contribution in [0.15, 0.2) is 240 Å². The smallest absolute Gasteiger partial charge is 0.249 e. The van der Waals surface area contributed by atoms with Crippen molar-refractivity contribution in [2.45, 2.75) is 0 Å². The Morgan fingerprint density at radius 2 is 0.586 bits per heavy atom. The van der Waals surface area contributed by atoms with E-state index in [9.17, 15) is 0 Å². The number of nitrogens with zero attached hydrogens (tertiary/aromatic N) is 10. The number of rotatable bonds is 12. The fraction of sp³-hybridized carbons (Fsp3) is 0. The molecule has 0 unspecified atom stereocenters. The topological polar surface area (TPSA) is 136 Å². The summed E-state index contributed by atoms with van der Waals surface area (Å²) in [5, 5.41) is 17.1. The van der Waals surface area contributed by atoms with Gasteiger partial charge in [-0.05, 0) is 133 Å². The summed E-state index contributed by atoms with van der Waals surface area (Å²) in [5.41, 5.74) is 14.1. The molecule has 5 heterocycles. The predicted molar refractivity (Wildman–Crippen MR) is 273 cm³/mol. The second kappa shape index (κ2) is 18.4. The highest BCUT2D eigenvalue weighted by Gasteiger charge is 2.20. The normalized spacial score (nSPS) is 11.1. The van der Waals surface area contributed by atoms with E-state index in [0.29, 0.717) is 23.6 Å². The molecule has 0 N–H and O–H groups in total. The lowest BCUT2D eigenvalue weighted by atomic mass is 10.0. The fourth-order valence-electron chi connectivity index (χ4n) is 8.39. The zero-order valence-electron chi connectivity index (χ0n) is 37.2. The van der Waals surface area contributed by atoms with Crippen molar-refractivity contribution in [3.63, 3.8) is 0 Å². The Kier molecular flexibility index (Phi) is 10.9. The van der Waals surface area contributed by atoms with Crippen LogP contribution in [-0.4, -0.2) is 40.3 Å². The van der Waals surface area contributed by atoms with Gasteiger partial charge in [0.1, 0.15) is 0 Å². The van der Waals surface area contributed by atoms with Gasteiger partial charge in [0.2, 0.25) is 23.6 Å². The van der Waals surface area contributed by atoms with Crippen molar-refractivity contribution in [1.29, 1.82) is 0 Å². The molecular formula is C58H38N10O2. The quantitative estimate of drug-likeness (QED) is 0.115. The van der Waals surface area contributed by atoms with Gasteiger partial charge >= 0.3 is 0 Å². The van der Waals surface area contributed by atoms with Crippen LogP contribution in [0.2, 0.25) is 0 Å². The van der Waals surface area contributed by atoms with Gasteiger partial charge in [-0.15, -0.1) is 20.4 Å². The van der Waals surface area contributed by atoms with E-state index < -0.39 is 0 Å². The number of fused-ring (bicyclic) bond motifs is 1. The summed E-state index contributed by atoms with van der Waals surface area (Å²) < 4.78 is 12.1. The lowest BCUT2D eigenvalue weighted by Gasteiger charge is -2.26. The average molecular weight is 907 g/mol. The van der Waals surface area contributed by atoms with Crippen molar-refractivity contribution >= 4 is 45.2 Å². The minimum atomic E-state index is 0.418. The first-order valence-corrected chi connectivity index (χ1v) is 22.6. The number of hydrogen-bond donors (Lipinski definition) is 0. The van der Waals surface area contributed by atoms with E-state index in [0.717, 1.165) is 89.9 Å². The van der Waals surface area contributed by atoms with E-state index >= 15 is 0 Å². The van der Waals surface area contributed by atoms with Gasteiger partial charge in [0.05, 0.1) is 33.5 Å². The maximum atomic E-state index is 6.03. The first-order valence-electron chi connectivity index (χ1n) is 22.6. The monoisotopic (exact) mass is 906 g/mol. The number of para-hydroxylation sites is 4. The van der Waals surface area contributed by atoms with Crippen LogP contribution in [0.25, 0.3) is 79.4 Å². The van der Waals surface area contributed by atoms with Crippen molar-refractivity contribution in [3.8, 4) is 68.3 Å². The minimum Gasteiger partial charge on any atom is -0.416 e. The molecule has 0 fully saturated rings. The molecule has 7 aromatic carbocycles. The van der Waals surface area contributed by atoms with Gasteiger partial charge in [-0.1, -0.05) is 72.8 Å². The molecule has 0 aliphatic carbocycles. The molecule has 0 atom stereocenters. The molecule has 0 spiro atoms. The first kappa shape index (κ1) is 41.5. The fourth-order valence-corrected chi connectivity index (χ4v) is 8.39. The maximum absolute atomic E-state index is 6.03. The number of benzene rings is 7. The van der Waals surface area contributed by atoms with Gasteiger partial charge in [0.25, 0.3) is 0 Å². The van der Waals surface area contributed by atoms with Gasteiger partial charge in [0, 0.05) is 81.2 Å². The van der Waals surface area contributed by atoms with Gasteiger partial charge in [-0.2, -0.15) is 0 Å². The predicted octanol–water partition coefficient (Wildman–Crippen LogP) is 14.1. The van der Waals surface area contributed by atoms with Gasteiger partial charge < -0.3 is 18.6 Å². The van der Waals surface area contributed by atoms with Crippen LogP contribution < -0.4 is 9.80 Å². The Hall–Kier alpha value is -9.94. The van der Waals surface area contributed by atoms with E-state index in [-0.39, 0.29) is 0 Å². The molecule has 12 rings (SSSR count). The molecule has 12 aromatic rings.